The molecule has 1 aromatic carbocycles. The van der Waals surface area contributed by atoms with Gasteiger partial charge in [-0.3, -0.25) is 4.98 Å². The Bertz CT molecular complexity index is 1190. The number of nitrogens with two attached hydrogens (primary N) is 1. The van der Waals surface area contributed by atoms with Gasteiger partial charge in [-0.05, 0) is 35.7 Å². The van der Waals surface area contributed by atoms with Gasteiger partial charge in [0.1, 0.15) is 5.54 Å². The summed E-state index contributed by atoms with van der Waals surface area (Å²) in [7, 11) is -2.15. The van der Waals surface area contributed by atoms with Gasteiger partial charge in [0.2, 0.25) is 16.0 Å². The topological polar surface area (TPSA) is 88.7 Å². The number of hydrogen-bond acceptors (Lipinski definition) is 6. The summed E-state index contributed by atoms with van der Waals surface area (Å²) in [5.74, 6) is -0.220. The minimum Gasteiger partial charge on any atom is -0.369 e. The van der Waals surface area contributed by atoms with Crippen LogP contribution in [-0.4, -0.2) is 36.5 Å². The average Bonchev–Trinajstić information content (AvgIpc) is 3.09. The zero-order valence-electron chi connectivity index (χ0n) is 15.8. The molecular weight excluding hydrogens is 428 g/mol. The molecule has 0 bridgehead atoms. The van der Waals surface area contributed by atoms with Crippen LogP contribution in [0.25, 0.3) is 21.6 Å². The first kappa shape index (κ1) is 19.9. The van der Waals surface area contributed by atoms with Crippen molar-refractivity contribution in [1.29, 1.82) is 0 Å². The number of rotatable bonds is 3. The van der Waals surface area contributed by atoms with E-state index >= 15 is 0 Å². The Morgan fingerprint density at radius 1 is 1.17 bits per heavy atom. The molecule has 0 aliphatic carbocycles. The Morgan fingerprint density at radius 2 is 1.86 bits per heavy atom. The van der Waals surface area contributed by atoms with Crippen molar-refractivity contribution in [2.24, 2.45) is 10.7 Å². The molecule has 1 atom stereocenters. The van der Waals surface area contributed by atoms with Crippen LogP contribution in [0.5, 0.6) is 0 Å². The summed E-state index contributed by atoms with van der Waals surface area (Å²) in [4.78, 5) is 10.2. The summed E-state index contributed by atoms with van der Waals surface area (Å²) in [5.41, 5.74) is 7.93. The number of hydrogen-bond donors (Lipinski definition) is 1. The van der Waals surface area contributed by atoms with E-state index in [9.17, 15) is 8.42 Å². The predicted octanol–water partition coefficient (Wildman–Crippen LogP) is 3.94. The molecule has 9 heteroatoms. The molecule has 0 amide bonds. The van der Waals surface area contributed by atoms with Crippen molar-refractivity contribution in [1.82, 2.24) is 9.29 Å². The van der Waals surface area contributed by atoms with Crippen LogP contribution in [0.4, 0.5) is 0 Å². The first-order valence-electron chi connectivity index (χ1n) is 8.82. The Kier molecular flexibility index (Phi) is 4.88. The number of benzene rings is 1. The predicted molar refractivity (Wildman–Crippen MR) is 119 cm³/mol. The summed E-state index contributed by atoms with van der Waals surface area (Å²) in [6.07, 6.45) is 3.56. The van der Waals surface area contributed by atoms with Crippen LogP contribution in [0.1, 0.15) is 11.8 Å². The monoisotopic (exact) mass is 446 g/mol. The van der Waals surface area contributed by atoms with Gasteiger partial charge in [0.05, 0.1) is 15.7 Å². The molecule has 0 unspecified atom stereocenters. The molecule has 2 aromatic heterocycles. The third kappa shape index (κ3) is 3.63. The number of sulfonamides is 1. The Balaban J connectivity index is 1.70. The SMILES string of the molecule is CN1C(N)=N[C@](C)(c2sc(-c3ccc(-c4cccnc4)cc3)cc2Cl)CS1(=O)=O. The van der Waals surface area contributed by atoms with Crippen LogP contribution in [0.15, 0.2) is 59.9 Å². The smallest absolute Gasteiger partial charge is 0.239 e. The maximum atomic E-state index is 12.5. The molecule has 2 N–H and O–H groups in total. The number of guanidine groups is 1. The van der Waals surface area contributed by atoms with E-state index in [4.69, 9.17) is 17.3 Å². The van der Waals surface area contributed by atoms with E-state index in [1.807, 2.05) is 48.7 Å². The summed E-state index contributed by atoms with van der Waals surface area (Å²) >= 11 is 7.94. The second-order valence-electron chi connectivity index (χ2n) is 7.07. The van der Waals surface area contributed by atoms with Gasteiger partial charge in [0, 0.05) is 24.3 Å². The van der Waals surface area contributed by atoms with Crippen molar-refractivity contribution in [3.8, 4) is 21.6 Å². The normalized spacial score (nSPS) is 21.1. The number of pyridine rings is 1. The largest absolute Gasteiger partial charge is 0.369 e. The summed E-state index contributed by atoms with van der Waals surface area (Å²) in [5, 5.41) is 0.486. The maximum Gasteiger partial charge on any atom is 0.239 e. The van der Waals surface area contributed by atoms with Gasteiger partial charge in [-0.2, -0.15) is 0 Å². The number of thiophene rings is 1. The van der Waals surface area contributed by atoms with Crippen LogP contribution in [0, 0.1) is 0 Å². The quantitative estimate of drug-likeness (QED) is 0.660. The van der Waals surface area contributed by atoms with Gasteiger partial charge in [0.25, 0.3) is 0 Å². The van der Waals surface area contributed by atoms with Gasteiger partial charge >= 0.3 is 0 Å². The fourth-order valence-corrected chi connectivity index (χ4v) is 6.47. The second kappa shape index (κ2) is 7.12. The summed E-state index contributed by atoms with van der Waals surface area (Å²) in [6, 6.07) is 13.8. The molecule has 0 saturated heterocycles. The summed E-state index contributed by atoms with van der Waals surface area (Å²) in [6.45, 7) is 1.75. The molecule has 29 heavy (non-hydrogen) atoms. The van der Waals surface area contributed by atoms with Gasteiger partial charge in [-0.1, -0.05) is 41.9 Å². The first-order valence-corrected chi connectivity index (χ1v) is 11.6. The number of nitrogens with zero attached hydrogens (tertiary/aromatic N) is 3. The highest BCUT2D eigenvalue weighted by molar-refractivity contribution is 7.89. The molecular formula is C20H19ClN4O2S2. The molecule has 6 nitrogen and oxygen atoms in total. The molecule has 3 aromatic rings. The van der Waals surface area contributed by atoms with E-state index in [-0.39, 0.29) is 11.7 Å². The first-order chi connectivity index (χ1) is 13.7. The molecule has 150 valence electrons. The van der Waals surface area contributed by atoms with Gasteiger partial charge in [-0.15, -0.1) is 11.3 Å². The van der Waals surface area contributed by atoms with E-state index < -0.39 is 15.6 Å². The molecule has 1 aliphatic heterocycles. The Morgan fingerprint density at radius 3 is 2.48 bits per heavy atom. The highest BCUT2D eigenvalue weighted by Gasteiger charge is 2.42. The van der Waals surface area contributed by atoms with Crippen molar-refractivity contribution in [3.63, 3.8) is 0 Å². The standard InChI is InChI=1S/C20H19ClN4O2S2/c1-20(12-29(26,27)25(2)19(22)24-20)18-16(21)10-17(28-18)14-7-5-13(6-8-14)15-4-3-9-23-11-15/h3-11H,12H2,1-2H3,(H2,22,24)/t20-/m0/s1. The molecule has 0 radical (unpaired) electrons. The van der Waals surface area contributed by atoms with E-state index in [1.165, 1.54) is 18.4 Å². The van der Waals surface area contributed by atoms with Crippen LogP contribution >= 0.6 is 22.9 Å². The Labute approximate surface area is 178 Å². The van der Waals surface area contributed by atoms with E-state index in [0.29, 0.717) is 9.90 Å². The van der Waals surface area contributed by atoms with Crippen LogP contribution in [-0.2, 0) is 15.6 Å². The van der Waals surface area contributed by atoms with E-state index in [0.717, 1.165) is 25.9 Å². The van der Waals surface area contributed by atoms with Crippen molar-refractivity contribution in [3.05, 3.63) is 64.8 Å². The number of aliphatic imine (C=N–C) groups is 1. The third-order valence-electron chi connectivity index (χ3n) is 4.90. The lowest BCUT2D eigenvalue weighted by molar-refractivity contribution is 0.482. The number of halogens is 1. The van der Waals surface area contributed by atoms with Gasteiger partial charge < -0.3 is 5.73 Å². The van der Waals surface area contributed by atoms with Crippen molar-refractivity contribution >= 4 is 38.9 Å². The van der Waals surface area contributed by atoms with Crippen molar-refractivity contribution in [2.75, 3.05) is 12.8 Å². The van der Waals surface area contributed by atoms with E-state index in [1.54, 1.807) is 13.1 Å². The maximum absolute atomic E-state index is 12.5. The minimum atomic E-state index is -3.56. The molecule has 4 rings (SSSR count). The average molecular weight is 447 g/mol. The molecule has 0 saturated carbocycles. The zero-order chi connectivity index (χ0) is 20.8. The van der Waals surface area contributed by atoms with Crippen LogP contribution < -0.4 is 5.73 Å². The van der Waals surface area contributed by atoms with E-state index in [2.05, 4.69) is 9.98 Å². The summed E-state index contributed by atoms with van der Waals surface area (Å²) < 4.78 is 25.9. The minimum absolute atomic E-state index is 0.0365. The third-order valence-corrected chi connectivity index (χ3v) is 8.70. The second-order valence-corrected chi connectivity index (χ2v) is 10.5. The molecule has 0 fully saturated rings. The lowest BCUT2D eigenvalue weighted by Crippen LogP contribution is -2.50. The van der Waals surface area contributed by atoms with Crippen molar-refractivity contribution < 1.29 is 8.42 Å². The fraction of sp³-hybridized carbons (Fsp3) is 0.200. The van der Waals surface area contributed by atoms with Crippen LogP contribution in [0.2, 0.25) is 5.02 Å². The Hall–Kier alpha value is -2.42. The lowest BCUT2D eigenvalue weighted by atomic mass is 10.0. The van der Waals surface area contributed by atoms with Crippen LogP contribution in [0.3, 0.4) is 0 Å². The molecule has 1 aliphatic rings. The highest BCUT2D eigenvalue weighted by atomic mass is 35.5. The van der Waals surface area contributed by atoms with Gasteiger partial charge in [-0.25, -0.2) is 17.7 Å². The highest BCUT2D eigenvalue weighted by Crippen LogP contribution is 2.44. The molecule has 3 heterocycles. The van der Waals surface area contributed by atoms with Crippen molar-refractivity contribution in [2.45, 2.75) is 12.5 Å². The molecule has 0 spiro atoms. The van der Waals surface area contributed by atoms with Gasteiger partial charge in [0.15, 0.2) is 0 Å². The fourth-order valence-electron chi connectivity index (χ4n) is 3.31. The lowest BCUT2D eigenvalue weighted by Gasteiger charge is -2.33. The zero-order valence-corrected chi connectivity index (χ0v) is 18.2. The number of aromatic nitrogens is 1.